The molecule has 1 amide bonds. The van der Waals surface area contributed by atoms with Crippen molar-refractivity contribution in [3.8, 4) is 0 Å². The quantitative estimate of drug-likeness (QED) is 0.922. The van der Waals surface area contributed by atoms with Gasteiger partial charge in [0.15, 0.2) is 0 Å². The van der Waals surface area contributed by atoms with E-state index in [0.29, 0.717) is 24.4 Å². The van der Waals surface area contributed by atoms with E-state index in [0.717, 1.165) is 18.8 Å². The van der Waals surface area contributed by atoms with Gasteiger partial charge in [0.25, 0.3) is 5.91 Å². The third kappa shape index (κ3) is 3.68. The number of likely N-dealkylation sites (N-methyl/N-ethyl adjacent to an activating group) is 1. The lowest BCUT2D eigenvalue weighted by Gasteiger charge is -2.41. The molecule has 1 unspecified atom stereocenters. The summed E-state index contributed by atoms with van der Waals surface area (Å²) in [5.41, 5.74) is 0.712. The van der Waals surface area contributed by atoms with E-state index < -0.39 is 5.60 Å². The number of aromatic nitrogens is 2. The van der Waals surface area contributed by atoms with E-state index in [1.165, 1.54) is 11.3 Å². The summed E-state index contributed by atoms with van der Waals surface area (Å²) in [5, 5.41) is 10.9. The monoisotopic (exact) mass is 332 g/mol. The Morgan fingerprint density at radius 3 is 3.09 bits per heavy atom. The van der Waals surface area contributed by atoms with Crippen LogP contribution in [0.2, 0.25) is 0 Å². The number of amides is 1. The Bertz CT molecular complexity index is 649. The Kier molecular flexibility index (Phi) is 4.58. The second-order valence-electron chi connectivity index (χ2n) is 5.96. The average Bonchev–Trinajstić information content (AvgIpc) is 3.09. The van der Waals surface area contributed by atoms with Gasteiger partial charge in [0.1, 0.15) is 10.7 Å². The minimum Gasteiger partial charge on any atom is -0.386 e. The van der Waals surface area contributed by atoms with Crippen LogP contribution in [0.25, 0.3) is 0 Å². The number of hydrogen-bond acceptors (Lipinski definition) is 6. The fourth-order valence-corrected chi connectivity index (χ4v) is 3.61. The number of carbonyl (C=O) groups excluding carboxylic acids is 1. The summed E-state index contributed by atoms with van der Waals surface area (Å²) in [7, 11) is 1.72. The van der Waals surface area contributed by atoms with Crippen molar-refractivity contribution in [3.05, 3.63) is 41.0 Å². The van der Waals surface area contributed by atoms with Gasteiger partial charge >= 0.3 is 0 Å². The molecule has 1 aliphatic rings. The molecule has 0 radical (unpaired) electrons. The number of nitrogens with zero attached hydrogens (tertiary/aromatic N) is 4. The molecule has 0 spiro atoms. The highest BCUT2D eigenvalue weighted by molar-refractivity contribution is 7.11. The first-order valence-corrected chi connectivity index (χ1v) is 8.48. The fraction of sp³-hybridized carbons (Fsp3) is 0.438. The van der Waals surface area contributed by atoms with E-state index in [-0.39, 0.29) is 5.91 Å². The van der Waals surface area contributed by atoms with Crippen LogP contribution in [0.15, 0.2) is 36.1 Å². The van der Waals surface area contributed by atoms with Crippen LogP contribution in [0.1, 0.15) is 22.5 Å². The summed E-state index contributed by atoms with van der Waals surface area (Å²) in [6.07, 6.45) is 4.86. The van der Waals surface area contributed by atoms with Crippen LogP contribution in [0.5, 0.6) is 0 Å². The highest BCUT2D eigenvalue weighted by atomic mass is 32.1. The Hall–Kier alpha value is -1.99. The molecule has 23 heavy (non-hydrogen) atoms. The molecule has 6 nitrogen and oxygen atoms in total. The maximum atomic E-state index is 12.3. The Morgan fingerprint density at radius 2 is 2.39 bits per heavy atom. The molecule has 3 rings (SSSR count). The predicted molar refractivity (Wildman–Crippen MR) is 89.7 cm³/mol. The van der Waals surface area contributed by atoms with Gasteiger partial charge in [-0.3, -0.25) is 9.78 Å². The topological polar surface area (TPSA) is 69.6 Å². The van der Waals surface area contributed by atoms with E-state index in [4.69, 9.17) is 0 Å². The van der Waals surface area contributed by atoms with E-state index in [1.54, 1.807) is 29.9 Å². The Morgan fingerprint density at radius 1 is 1.52 bits per heavy atom. The van der Waals surface area contributed by atoms with Crippen LogP contribution in [-0.4, -0.2) is 58.2 Å². The lowest BCUT2D eigenvalue weighted by molar-refractivity contribution is -0.0000159. The van der Waals surface area contributed by atoms with Crippen molar-refractivity contribution in [3.63, 3.8) is 0 Å². The van der Waals surface area contributed by atoms with Crippen molar-refractivity contribution in [2.75, 3.05) is 31.6 Å². The molecular formula is C16H20N4O2S. The molecule has 1 atom stereocenters. The van der Waals surface area contributed by atoms with Crippen molar-refractivity contribution < 1.29 is 9.90 Å². The lowest BCUT2D eigenvalue weighted by atomic mass is 9.92. The number of thiazole rings is 1. The van der Waals surface area contributed by atoms with Crippen LogP contribution in [0.3, 0.4) is 0 Å². The third-order valence-corrected chi connectivity index (χ3v) is 4.81. The predicted octanol–water partition coefficient (Wildman–Crippen LogP) is 1.64. The van der Waals surface area contributed by atoms with Gasteiger partial charge in [0, 0.05) is 26.3 Å². The fourth-order valence-electron chi connectivity index (χ4n) is 3.00. The zero-order chi connectivity index (χ0) is 16.3. The molecule has 1 N–H and O–H groups in total. The van der Waals surface area contributed by atoms with Crippen molar-refractivity contribution in [1.29, 1.82) is 0 Å². The number of anilines is 1. The molecule has 1 fully saturated rings. The van der Waals surface area contributed by atoms with Crippen molar-refractivity contribution in [2.45, 2.75) is 18.4 Å². The van der Waals surface area contributed by atoms with Crippen LogP contribution in [0.4, 0.5) is 5.82 Å². The maximum Gasteiger partial charge on any atom is 0.265 e. The molecule has 7 heteroatoms. The minimum atomic E-state index is -0.926. The summed E-state index contributed by atoms with van der Waals surface area (Å²) in [5.74, 6) is 0.762. The Labute approximate surface area is 139 Å². The third-order valence-electron chi connectivity index (χ3n) is 4.05. The van der Waals surface area contributed by atoms with E-state index in [9.17, 15) is 9.90 Å². The number of piperidine rings is 1. The zero-order valence-electron chi connectivity index (χ0n) is 13.1. The number of aliphatic hydroxyl groups is 1. The average molecular weight is 332 g/mol. The van der Waals surface area contributed by atoms with Crippen molar-refractivity contribution in [1.82, 2.24) is 14.9 Å². The standard InChI is InChI=1S/C16H20N4O2S/c1-19(15(21)13-9-17-12-23-13)10-16(22)6-4-8-20(11-16)14-5-2-3-7-18-14/h2-3,5,7,9,12,22H,4,6,8,10-11H2,1H3. The molecule has 0 saturated carbocycles. The first-order chi connectivity index (χ1) is 11.1. The number of carbonyl (C=O) groups is 1. The molecule has 0 aliphatic carbocycles. The first-order valence-electron chi connectivity index (χ1n) is 7.60. The summed E-state index contributed by atoms with van der Waals surface area (Å²) in [6.45, 7) is 1.64. The van der Waals surface area contributed by atoms with Crippen molar-refractivity contribution >= 4 is 23.1 Å². The summed E-state index contributed by atoms with van der Waals surface area (Å²) >= 11 is 1.31. The molecule has 1 saturated heterocycles. The van der Waals surface area contributed by atoms with Crippen LogP contribution >= 0.6 is 11.3 Å². The van der Waals surface area contributed by atoms with Gasteiger partial charge in [-0.05, 0) is 25.0 Å². The molecule has 0 bridgehead atoms. The second kappa shape index (κ2) is 6.64. The van der Waals surface area contributed by atoms with Gasteiger partial charge < -0.3 is 14.9 Å². The van der Waals surface area contributed by atoms with Gasteiger partial charge in [-0.25, -0.2) is 4.98 Å². The van der Waals surface area contributed by atoms with Gasteiger partial charge in [-0.15, -0.1) is 11.3 Å². The lowest BCUT2D eigenvalue weighted by Crippen LogP contribution is -2.54. The second-order valence-corrected chi connectivity index (χ2v) is 6.85. The van der Waals surface area contributed by atoms with E-state index in [2.05, 4.69) is 14.9 Å². The number of hydrogen-bond donors (Lipinski definition) is 1. The van der Waals surface area contributed by atoms with E-state index in [1.807, 2.05) is 18.2 Å². The Balaban J connectivity index is 1.67. The van der Waals surface area contributed by atoms with Crippen LogP contribution in [-0.2, 0) is 0 Å². The van der Waals surface area contributed by atoms with Crippen LogP contribution in [0, 0.1) is 0 Å². The van der Waals surface area contributed by atoms with Gasteiger partial charge in [0.05, 0.1) is 23.9 Å². The highest BCUT2D eigenvalue weighted by Crippen LogP contribution is 2.26. The van der Waals surface area contributed by atoms with Gasteiger partial charge in [0.2, 0.25) is 0 Å². The first kappa shape index (κ1) is 15.9. The van der Waals surface area contributed by atoms with Gasteiger partial charge in [-0.1, -0.05) is 6.07 Å². The highest BCUT2D eigenvalue weighted by Gasteiger charge is 2.36. The maximum absolute atomic E-state index is 12.3. The normalized spacial score (nSPS) is 21.2. The molecule has 2 aromatic heterocycles. The molecular weight excluding hydrogens is 312 g/mol. The van der Waals surface area contributed by atoms with Crippen LogP contribution < -0.4 is 4.90 Å². The number of pyridine rings is 1. The zero-order valence-corrected chi connectivity index (χ0v) is 13.9. The minimum absolute atomic E-state index is 0.101. The SMILES string of the molecule is CN(CC1(O)CCCN(c2ccccn2)C1)C(=O)c1cncs1. The van der Waals surface area contributed by atoms with E-state index >= 15 is 0 Å². The van der Waals surface area contributed by atoms with Crippen molar-refractivity contribution in [2.24, 2.45) is 0 Å². The molecule has 3 heterocycles. The summed E-state index contributed by atoms with van der Waals surface area (Å²) in [6, 6.07) is 5.76. The number of rotatable bonds is 4. The molecule has 2 aromatic rings. The summed E-state index contributed by atoms with van der Waals surface area (Å²) in [4.78, 5) is 24.9. The number of β-amino-alcohol motifs (C(OH)–C–C–N with tert-alkyl or cyclic N) is 1. The smallest absolute Gasteiger partial charge is 0.265 e. The summed E-state index contributed by atoms with van der Waals surface area (Å²) < 4.78 is 0. The largest absolute Gasteiger partial charge is 0.386 e. The molecule has 122 valence electrons. The van der Waals surface area contributed by atoms with Gasteiger partial charge in [-0.2, -0.15) is 0 Å². The molecule has 0 aromatic carbocycles. The molecule has 1 aliphatic heterocycles.